The van der Waals surface area contributed by atoms with Gasteiger partial charge in [-0.1, -0.05) is 31.5 Å². The first-order valence-electron chi connectivity index (χ1n) is 5.60. The van der Waals surface area contributed by atoms with Gasteiger partial charge in [0.1, 0.15) is 0 Å². The number of rotatable bonds is 5. The van der Waals surface area contributed by atoms with Crippen molar-refractivity contribution in [1.29, 1.82) is 0 Å². The van der Waals surface area contributed by atoms with E-state index in [1.165, 1.54) is 12.1 Å². The predicted octanol–water partition coefficient (Wildman–Crippen LogP) is 3.16. The van der Waals surface area contributed by atoms with Gasteiger partial charge in [0.15, 0.2) is 0 Å². The van der Waals surface area contributed by atoms with E-state index in [4.69, 9.17) is 17.3 Å². The van der Waals surface area contributed by atoms with Crippen LogP contribution < -0.4 is 5.73 Å². The van der Waals surface area contributed by atoms with Crippen LogP contribution in [0.1, 0.15) is 25.8 Å². The molecule has 0 aliphatic carbocycles. The molecular formula is C12H17ClN2O2. The Morgan fingerprint density at radius 2 is 2.12 bits per heavy atom. The van der Waals surface area contributed by atoms with Gasteiger partial charge in [-0.3, -0.25) is 10.1 Å². The van der Waals surface area contributed by atoms with Crippen molar-refractivity contribution in [3.8, 4) is 0 Å². The monoisotopic (exact) mass is 256 g/mol. The molecule has 1 aromatic rings. The fraction of sp³-hybridized carbons (Fsp3) is 0.500. The van der Waals surface area contributed by atoms with Gasteiger partial charge in [-0.05, 0) is 24.3 Å². The van der Waals surface area contributed by atoms with E-state index in [-0.39, 0.29) is 11.7 Å². The molecule has 0 amide bonds. The molecule has 4 nitrogen and oxygen atoms in total. The zero-order chi connectivity index (χ0) is 13.0. The molecule has 0 saturated heterocycles. The van der Waals surface area contributed by atoms with Crippen LogP contribution in [0.3, 0.4) is 0 Å². The van der Waals surface area contributed by atoms with Crippen molar-refractivity contribution in [2.24, 2.45) is 11.7 Å². The summed E-state index contributed by atoms with van der Waals surface area (Å²) < 4.78 is 0. The summed E-state index contributed by atoms with van der Waals surface area (Å²) in [5.74, 6) is 0.423. The van der Waals surface area contributed by atoms with Gasteiger partial charge in [0.25, 0.3) is 5.69 Å². The first kappa shape index (κ1) is 13.9. The number of nitro benzene ring substituents is 1. The number of hydrogen-bond acceptors (Lipinski definition) is 3. The van der Waals surface area contributed by atoms with Crippen molar-refractivity contribution in [2.45, 2.75) is 32.7 Å². The van der Waals surface area contributed by atoms with Crippen molar-refractivity contribution in [1.82, 2.24) is 0 Å². The number of nitrogens with two attached hydrogens (primary N) is 1. The fourth-order valence-corrected chi connectivity index (χ4v) is 1.78. The predicted molar refractivity (Wildman–Crippen MR) is 69.2 cm³/mol. The Labute approximate surface area is 106 Å². The molecule has 0 aromatic heterocycles. The van der Waals surface area contributed by atoms with Gasteiger partial charge in [0.05, 0.1) is 9.95 Å². The summed E-state index contributed by atoms with van der Waals surface area (Å²) >= 11 is 5.99. The molecule has 17 heavy (non-hydrogen) atoms. The SMILES string of the molecule is CC(C)C(N)CCc1ccc([N+](=O)[O-])cc1Cl. The first-order valence-corrected chi connectivity index (χ1v) is 5.98. The van der Waals surface area contributed by atoms with E-state index in [0.717, 1.165) is 18.4 Å². The standard InChI is InChI=1S/C12H17ClN2O2/c1-8(2)12(14)6-4-9-3-5-10(15(16)17)7-11(9)13/h3,5,7-8,12H,4,6,14H2,1-2H3. The van der Waals surface area contributed by atoms with Crippen molar-refractivity contribution in [3.05, 3.63) is 38.9 Å². The summed E-state index contributed by atoms with van der Waals surface area (Å²) in [6.45, 7) is 4.14. The summed E-state index contributed by atoms with van der Waals surface area (Å²) in [4.78, 5) is 10.1. The molecule has 2 N–H and O–H groups in total. The van der Waals surface area contributed by atoms with Gasteiger partial charge in [0.2, 0.25) is 0 Å². The van der Waals surface area contributed by atoms with Crippen molar-refractivity contribution < 1.29 is 4.92 Å². The number of hydrogen-bond donors (Lipinski definition) is 1. The van der Waals surface area contributed by atoms with E-state index in [1.54, 1.807) is 6.07 Å². The second-order valence-electron chi connectivity index (χ2n) is 4.48. The lowest BCUT2D eigenvalue weighted by Crippen LogP contribution is -2.26. The Kier molecular flexibility index (Phi) is 4.90. The molecule has 0 saturated carbocycles. The highest BCUT2D eigenvalue weighted by atomic mass is 35.5. The fourth-order valence-electron chi connectivity index (χ4n) is 1.51. The van der Waals surface area contributed by atoms with Gasteiger partial charge in [-0.2, -0.15) is 0 Å². The highest BCUT2D eigenvalue weighted by molar-refractivity contribution is 6.31. The molecule has 1 unspecified atom stereocenters. The number of benzene rings is 1. The maximum atomic E-state index is 10.5. The van der Waals surface area contributed by atoms with Crippen LogP contribution >= 0.6 is 11.6 Å². The lowest BCUT2D eigenvalue weighted by atomic mass is 9.97. The van der Waals surface area contributed by atoms with Gasteiger partial charge in [0, 0.05) is 18.2 Å². The summed E-state index contributed by atoms with van der Waals surface area (Å²) in [5, 5.41) is 11.0. The number of non-ortho nitro benzene ring substituents is 1. The average Bonchev–Trinajstić information content (AvgIpc) is 2.26. The third-order valence-corrected chi connectivity index (χ3v) is 3.20. The average molecular weight is 257 g/mol. The summed E-state index contributed by atoms with van der Waals surface area (Å²) in [6.07, 6.45) is 1.57. The molecular weight excluding hydrogens is 240 g/mol. The van der Waals surface area contributed by atoms with Crippen LogP contribution in [0.5, 0.6) is 0 Å². The lowest BCUT2D eigenvalue weighted by molar-refractivity contribution is -0.384. The van der Waals surface area contributed by atoms with E-state index in [1.807, 2.05) is 0 Å². The Balaban J connectivity index is 2.70. The van der Waals surface area contributed by atoms with Gasteiger partial charge >= 0.3 is 0 Å². The molecule has 5 heteroatoms. The van der Waals surface area contributed by atoms with Crippen LogP contribution in [0.15, 0.2) is 18.2 Å². The van der Waals surface area contributed by atoms with Crippen LogP contribution in [-0.4, -0.2) is 11.0 Å². The largest absolute Gasteiger partial charge is 0.327 e. The smallest absolute Gasteiger partial charge is 0.270 e. The molecule has 0 heterocycles. The molecule has 1 aromatic carbocycles. The maximum absolute atomic E-state index is 10.5. The molecule has 94 valence electrons. The minimum atomic E-state index is -0.449. The molecule has 1 atom stereocenters. The molecule has 1 rings (SSSR count). The van der Waals surface area contributed by atoms with E-state index in [0.29, 0.717) is 10.9 Å². The third kappa shape index (κ3) is 3.98. The normalized spacial score (nSPS) is 12.8. The molecule has 0 spiro atoms. The maximum Gasteiger partial charge on any atom is 0.270 e. The van der Waals surface area contributed by atoms with Crippen LogP contribution in [0.25, 0.3) is 0 Å². The second-order valence-corrected chi connectivity index (χ2v) is 4.89. The van der Waals surface area contributed by atoms with E-state index in [9.17, 15) is 10.1 Å². The Bertz CT molecular complexity index is 407. The molecule has 0 fully saturated rings. The van der Waals surface area contributed by atoms with Gasteiger partial charge < -0.3 is 5.73 Å². The Hall–Kier alpha value is -1.13. The van der Waals surface area contributed by atoms with E-state index in [2.05, 4.69) is 13.8 Å². The zero-order valence-electron chi connectivity index (χ0n) is 10.0. The number of nitrogens with zero attached hydrogens (tertiary/aromatic N) is 1. The number of nitro groups is 1. The Morgan fingerprint density at radius 3 is 2.59 bits per heavy atom. The minimum absolute atomic E-state index is 0.0203. The minimum Gasteiger partial charge on any atom is -0.327 e. The van der Waals surface area contributed by atoms with Crippen LogP contribution in [0.2, 0.25) is 5.02 Å². The van der Waals surface area contributed by atoms with Gasteiger partial charge in [-0.15, -0.1) is 0 Å². The molecule has 0 aliphatic heterocycles. The van der Waals surface area contributed by atoms with Crippen LogP contribution in [0.4, 0.5) is 5.69 Å². The second kappa shape index (κ2) is 5.98. The van der Waals surface area contributed by atoms with Crippen molar-refractivity contribution >= 4 is 17.3 Å². The summed E-state index contributed by atoms with van der Waals surface area (Å²) in [7, 11) is 0. The van der Waals surface area contributed by atoms with Crippen molar-refractivity contribution in [3.63, 3.8) is 0 Å². The van der Waals surface area contributed by atoms with Crippen molar-refractivity contribution in [2.75, 3.05) is 0 Å². The topological polar surface area (TPSA) is 69.2 Å². The third-order valence-electron chi connectivity index (χ3n) is 2.85. The number of halogens is 1. The summed E-state index contributed by atoms with van der Waals surface area (Å²) in [5.41, 5.74) is 6.87. The molecule has 0 bridgehead atoms. The Morgan fingerprint density at radius 1 is 1.47 bits per heavy atom. The quantitative estimate of drug-likeness (QED) is 0.650. The number of aryl methyl sites for hydroxylation is 1. The van der Waals surface area contributed by atoms with Crippen LogP contribution in [0, 0.1) is 16.0 Å². The zero-order valence-corrected chi connectivity index (χ0v) is 10.8. The van der Waals surface area contributed by atoms with E-state index >= 15 is 0 Å². The van der Waals surface area contributed by atoms with Crippen LogP contribution in [-0.2, 0) is 6.42 Å². The van der Waals surface area contributed by atoms with Gasteiger partial charge in [-0.25, -0.2) is 0 Å². The van der Waals surface area contributed by atoms with E-state index < -0.39 is 4.92 Å². The first-order chi connectivity index (χ1) is 7.91. The molecule has 0 radical (unpaired) electrons. The highest BCUT2D eigenvalue weighted by Crippen LogP contribution is 2.24. The highest BCUT2D eigenvalue weighted by Gasteiger charge is 2.12. The molecule has 0 aliphatic rings. The summed E-state index contributed by atoms with van der Waals surface area (Å²) in [6, 6.07) is 4.69. The lowest BCUT2D eigenvalue weighted by Gasteiger charge is -2.15.